The number of carboxylic acids is 1. The molecule has 0 saturated heterocycles. The number of hydrogen-bond donors (Lipinski definition) is 3. The number of aliphatic carboxylic acids is 1. The molecule has 2 amide bonds. The van der Waals surface area contributed by atoms with E-state index < -0.39 is 60.2 Å². The Labute approximate surface area is 244 Å². The maximum absolute atomic E-state index is 13.2. The van der Waals surface area contributed by atoms with Gasteiger partial charge in [-0.1, -0.05) is 26.0 Å². The second kappa shape index (κ2) is 13.5. The summed E-state index contributed by atoms with van der Waals surface area (Å²) < 4.78 is 17.0. The van der Waals surface area contributed by atoms with Crippen LogP contribution in [0.2, 0.25) is 0 Å². The molecule has 0 fully saturated rings. The van der Waals surface area contributed by atoms with Gasteiger partial charge < -0.3 is 30.0 Å². The van der Waals surface area contributed by atoms with E-state index in [1.165, 1.54) is 14.0 Å². The number of benzene rings is 2. The van der Waals surface area contributed by atoms with Crippen molar-refractivity contribution >= 4 is 29.4 Å². The predicted octanol–water partition coefficient (Wildman–Crippen LogP) is 2.90. The molecule has 0 aromatic heterocycles. The normalized spacial score (nSPS) is 14.6. The Morgan fingerprint density at radius 2 is 1.76 bits per heavy atom. The van der Waals surface area contributed by atoms with E-state index in [1.807, 2.05) is 19.9 Å². The van der Waals surface area contributed by atoms with Gasteiger partial charge in [0.15, 0.2) is 23.1 Å². The van der Waals surface area contributed by atoms with Crippen molar-refractivity contribution in [2.24, 2.45) is 5.92 Å². The average molecular weight is 583 g/mol. The fourth-order valence-electron chi connectivity index (χ4n) is 4.70. The third kappa shape index (κ3) is 8.31. The summed E-state index contributed by atoms with van der Waals surface area (Å²) in [6.07, 6.45) is -0.174. The lowest BCUT2D eigenvalue weighted by atomic mass is 10.0. The number of para-hydroxylation sites is 1. The minimum Gasteiger partial charge on any atom is -0.496 e. The van der Waals surface area contributed by atoms with Gasteiger partial charge in [-0.2, -0.15) is 0 Å². The van der Waals surface area contributed by atoms with Crippen LogP contribution in [0.5, 0.6) is 17.2 Å². The molecule has 2 aromatic rings. The van der Waals surface area contributed by atoms with Crippen LogP contribution in [0, 0.1) is 5.92 Å². The smallest absolute Gasteiger partial charge is 0.305 e. The number of carbonyl (C=O) groups is 5. The van der Waals surface area contributed by atoms with Gasteiger partial charge in [0.05, 0.1) is 20.0 Å². The van der Waals surface area contributed by atoms with Crippen LogP contribution in [-0.4, -0.2) is 65.9 Å². The number of fused-ring (bicyclic) bond motifs is 1. The topological polar surface area (TPSA) is 157 Å². The molecule has 1 aliphatic heterocycles. The minimum absolute atomic E-state index is 0.174. The number of hydrogen-bond acceptors (Lipinski definition) is 8. The second-order valence-corrected chi connectivity index (χ2v) is 11.2. The molecule has 11 nitrogen and oxygen atoms in total. The number of ether oxygens (including phenoxy) is 3. The molecule has 0 bridgehead atoms. The third-order valence-corrected chi connectivity index (χ3v) is 6.81. The largest absolute Gasteiger partial charge is 0.496 e. The van der Waals surface area contributed by atoms with Gasteiger partial charge >= 0.3 is 5.97 Å². The van der Waals surface area contributed by atoms with Gasteiger partial charge in [-0.25, -0.2) is 0 Å². The summed E-state index contributed by atoms with van der Waals surface area (Å²) >= 11 is 0. The number of amides is 2. The molecule has 226 valence electrons. The summed E-state index contributed by atoms with van der Waals surface area (Å²) in [6.45, 7) is 8.19. The van der Waals surface area contributed by atoms with E-state index in [0.29, 0.717) is 34.8 Å². The summed E-state index contributed by atoms with van der Waals surface area (Å²) in [5.41, 5.74) is 1.37. The zero-order chi connectivity index (χ0) is 31.2. The van der Waals surface area contributed by atoms with Crippen molar-refractivity contribution in [3.05, 3.63) is 53.1 Å². The highest BCUT2D eigenvalue weighted by Crippen LogP contribution is 2.41. The molecule has 0 aliphatic carbocycles. The lowest BCUT2D eigenvalue weighted by Gasteiger charge is -2.25. The zero-order valence-electron chi connectivity index (χ0n) is 24.7. The maximum atomic E-state index is 13.2. The number of carboxylic acid groups (broad SMARTS) is 1. The Kier molecular flexibility index (Phi) is 10.3. The Bertz CT molecular complexity index is 1370. The fourth-order valence-corrected chi connectivity index (χ4v) is 4.70. The molecular weight excluding hydrogens is 544 g/mol. The van der Waals surface area contributed by atoms with E-state index in [-0.39, 0.29) is 12.2 Å². The Morgan fingerprint density at radius 3 is 2.38 bits per heavy atom. The molecule has 11 heteroatoms. The first-order valence-electron chi connectivity index (χ1n) is 13.7. The predicted molar refractivity (Wildman–Crippen MR) is 153 cm³/mol. The Hall–Kier alpha value is -4.41. The summed E-state index contributed by atoms with van der Waals surface area (Å²) in [6, 6.07) is 7.61. The highest BCUT2D eigenvalue weighted by molar-refractivity contribution is 5.96. The number of carbonyl (C=O) groups excluding carboxylic acids is 4. The number of rotatable bonds is 14. The zero-order valence-corrected chi connectivity index (χ0v) is 24.7. The standard InChI is InChI=1S/C31H38N2O9/c1-17(2)28(33-26(36)13-21-12-19(18(3)34)10-11-24(21)40-6)30(39)32-22(14-27(37)38)23(35)16-41-25-9-7-8-20-15-31(4,5)42-29(20)25/h7-12,17,22,28H,13-16H2,1-6H3,(H,32,39)(H,33,36)(H,37,38)/t22-,28-/m0/s1. The van der Waals surface area contributed by atoms with Crippen molar-refractivity contribution in [2.45, 2.75) is 71.6 Å². The molecule has 0 saturated carbocycles. The molecule has 1 heterocycles. The van der Waals surface area contributed by atoms with Crippen molar-refractivity contribution < 1.29 is 43.3 Å². The quantitative estimate of drug-likeness (QED) is 0.285. The molecule has 2 aromatic carbocycles. The van der Waals surface area contributed by atoms with Crippen LogP contribution in [0.15, 0.2) is 36.4 Å². The van der Waals surface area contributed by atoms with Crippen LogP contribution >= 0.6 is 0 Å². The first-order valence-corrected chi connectivity index (χ1v) is 13.7. The molecule has 42 heavy (non-hydrogen) atoms. The van der Waals surface area contributed by atoms with Gasteiger partial charge in [-0.15, -0.1) is 0 Å². The van der Waals surface area contributed by atoms with E-state index in [9.17, 15) is 29.1 Å². The molecule has 0 spiro atoms. The monoisotopic (exact) mass is 582 g/mol. The van der Waals surface area contributed by atoms with Gasteiger partial charge in [0.1, 0.15) is 30.0 Å². The minimum atomic E-state index is -1.39. The van der Waals surface area contributed by atoms with Gasteiger partial charge in [0, 0.05) is 23.1 Å². The van der Waals surface area contributed by atoms with Crippen LogP contribution in [0.4, 0.5) is 0 Å². The summed E-state index contributed by atoms with van der Waals surface area (Å²) in [5.74, 6) is -2.46. The lowest BCUT2D eigenvalue weighted by Crippen LogP contribution is -2.54. The van der Waals surface area contributed by atoms with Gasteiger partial charge in [0.2, 0.25) is 11.8 Å². The van der Waals surface area contributed by atoms with Crippen molar-refractivity contribution in [3.63, 3.8) is 0 Å². The summed E-state index contributed by atoms with van der Waals surface area (Å²) in [4.78, 5) is 62.6. The maximum Gasteiger partial charge on any atom is 0.305 e. The van der Waals surface area contributed by atoms with Crippen LogP contribution in [0.25, 0.3) is 0 Å². The number of nitrogens with one attached hydrogen (secondary N) is 2. The summed E-state index contributed by atoms with van der Waals surface area (Å²) in [7, 11) is 1.44. The number of methoxy groups -OCH3 is 1. The van der Waals surface area contributed by atoms with Crippen molar-refractivity contribution in [1.29, 1.82) is 0 Å². The summed E-state index contributed by atoms with van der Waals surface area (Å²) in [5, 5.41) is 14.6. The van der Waals surface area contributed by atoms with E-state index >= 15 is 0 Å². The fraction of sp³-hybridized carbons (Fsp3) is 0.452. The van der Waals surface area contributed by atoms with Crippen LogP contribution < -0.4 is 24.8 Å². The highest BCUT2D eigenvalue weighted by atomic mass is 16.5. The molecular formula is C31H38N2O9. The van der Waals surface area contributed by atoms with Gasteiger partial charge in [-0.05, 0) is 51.0 Å². The third-order valence-electron chi connectivity index (χ3n) is 6.81. The molecule has 3 rings (SSSR count). The average Bonchev–Trinajstić information content (AvgIpc) is 3.23. The first kappa shape index (κ1) is 32.1. The van der Waals surface area contributed by atoms with E-state index in [1.54, 1.807) is 44.2 Å². The van der Waals surface area contributed by atoms with Crippen LogP contribution in [0.1, 0.15) is 62.5 Å². The first-order chi connectivity index (χ1) is 19.7. The Balaban J connectivity index is 1.69. The Morgan fingerprint density at radius 1 is 1.05 bits per heavy atom. The van der Waals surface area contributed by atoms with Crippen LogP contribution in [-0.2, 0) is 32.0 Å². The molecule has 0 radical (unpaired) electrons. The van der Waals surface area contributed by atoms with Crippen LogP contribution in [0.3, 0.4) is 0 Å². The SMILES string of the molecule is COc1ccc(C(C)=O)cc1CC(=O)N[C@H](C(=O)N[C@@H](CC(=O)O)C(=O)COc1cccc2c1OC(C)(C)C2)C(C)C. The van der Waals surface area contributed by atoms with E-state index in [2.05, 4.69) is 10.6 Å². The van der Waals surface area contributed by atoms with Gasteiger partial charge in [0.25, 0.3) is 0 Å². The van der Waals surface area contributed by atoms with Gasteiger partial charge in [-0.3, -0.25) is 24.0 Å². The second-order valence-electron chi connectivity index (χ2n) is 11.2. The molecule has 0 unspecified atom stereocenters. The molecule has 1 aliphatic rings. The number of Topliss-reactive ketones (excluding diaryl/α,β-unsaturated/α-hetero) is 2. The van der Waals surface area contributed by atoms with Crippen molar-refractivity contribution in [2.75, 3.05) is 13.7 Å². The van der Waals surface area contributed by atoms with Crippen molar-refractivity contribution in [1.82, 2.24) is 10.6 Å². The molecule has 2 atom stereocenters. The van der Waals surface area contributed by atoms with E-state index in [0.717, 1.165) is 5.56 Å². The van der Waals surface area contributed by atoms with E-state index in [4.69, 9.17) is 14.2 Å². The molecule has 3 N–H and O–H groups in total. The lowest BCUT2D eigenvalue weighted by molar-refractivity contribution is -0.141. The highest BCUT2D eigenvalue weighted by Gasteiger charge is 2.34. The van der Waals surface area contributed by atoms with Crippen molar-refractivity contribution in [3.8, 4) is 17.2 Å². The number of ketones is 2.